The molecule has 0 bridgehead atoms. The van der Waals surface area contributed by atoms with E-state index in [1.165, 1.54) is 0 Å². The molecule has 1 N–H and O–H groups in total. The van der Waals surface area contributed by atoms with Crippen LogP contribution in [0.3, 0.4) is 0 Å². The van der Waals surface area contributed by atoms with Gasteiger partial charge < -0.3 is 9.12 Å². The SMILES string of the molecule is O=S(O)CCCn1c(-c2ccccc2)nc2ccccc21. The van der Waals surface area contributed by atoms with E-state index in [4.69, 9.17) is 9.54 Å². The Kier molecular flexibility index (Phi) is 4.13. The fourth-order valence-electron chi connectivity index (χ4n) is 2.46. The van der Waals surface area contributed by atoms with Crippen LogP contribution in [-0.4, -0.2) is 24.1 Å². The Morgan fingerprint density at radius 1 is 1.05 bits per heavy atom. The molecule has 0 saturated carbocycles. The van der Waals surface area contributed by atoms with Crippen LogP contribution in [0, 0.1) is 0 Å². The van der Waals surface area contributed by atoms with Crippen LogP contribution in [0.2, 0.25) is 0 Å². The molecule has 2 aromatic carbocycles. The van der Waals surface area contributed by atoms with E-state index in [2.05, 4.69) is 4.57 Å². The first-order chi connectivity index (χ1) is 10.3. The number of nitrogens with zero attached hydrogens (tertiary/aromatic N) is 2. The van der Waals surface area contributed by atoms with Gasteiger partial charge in [0.05, 0.1) is 16.8 Å². The molecular formula is C16H16N2O2S. The molecule has 0 aliphatic carbocycles. The third-order valence-electron chi connectivity index (χ3n) is 3.39. The van der Waals surface area contributed by atoms with Crippen molar-refractivity contribution in [2.24, 2.45) is 0 Å². The van der Waals surface area contributed by atoms with Crippen molar-refractivity contribution in [3.8, 4) is 11.4 Å². The summed E-state index contributed by atoms with van der Waals surface area (Å²) in [4.78, 5) is 4.71. The second kappa shape index (κ2) is 6.20. The van der Waals surface area contributed by atoms with Gasteiger partial charge in [-0.15, -0.1) is 0 Å². The smallest absolute Gasteiger partial charge is 0.152 e. The fourth-order valence-corrected chi connectivity index (χ4v) is 2.83. The molecule has 0 fully saturated rings. The van der Waals surface area contributed by atoms with Crippen LogP contribution in [0.1, 0.15) is 6.42 Å². The van der Waals surface area contributed by atoms with Gasteiger partial charge in [-0.2, -0.15) is 0 Å². The summed E-state index contributed by atoms with van der Waals surface area (Å²) in [6.07, 6.45) is 0.642. The topological polar surface area (TPSA) is 55.1 Å². The van der Waals surface area contributed by atoms with Crippen LogP contribution >= 0.6 is 0 Å². The molecule has 1 atom stereocenters. The number of para-hydroxylation sites is 2. The molecule has 0 aliphatic heterocycles. The van der Waals surface area contributed by atoms with Gasteiger partial charge in [-0.25, -0.2) is 9.19 Å². The Labute approximate surface area is 125 Å². The molecule has 21 heavy (non-hydrogen) atoms. The monoisotopic (exact) mass is 300 g/mol. The molecule has 1 unspecified atom stereocenters. The van der Waals surface area contributed by atoms with Crippen LogP contribution < -0.4 is 0 Å². The number of hydrogen-bond donors (Lipinski definition) is 1. The van der Waals surface area contributed by atoms with Crippen molar-refractivity contribution < 1.29 is 8.76 Å². The Bertz CT molecular complexity index is 768. The number of imidazole rings is 1. The third kappa shape index (κ3) is 3.04. The summed E-state index contributed by atoms with van der Waals surface area (Å²) in [5.41, 5.74) is 3.06. The highest BCUT2D eigenvalue weighted by Crippen LogP contribution is 2.24. The van der Waals surface area contributed by atoms with Gasteiger partial charge >= 0.3 is 0 Å². The molecule has 4 nitrogen and oxygen atoms in total. The first-order valence-corrected chi connectivity index (χ1v) is 8.11. The molecule has 0 saturated heterocycles. The van der Waals surface area contributed by atoms with Crippen LogP contribution in [0.4, 0.5) is 0 Å². The molecule has 3 aromatic rings. The minimum absolute atomic E-state index is 0.279. The maximum Gasteiger partial charge on any atom is 0.152 e. The van der Waals surface area contributed by atoms with E-state index in [-0.39, 0.29) is 5.75 Å². The van der Waals surface area contributed by atoms with Crippen LogP contribution in [0.25, 0.3) is 22.4 Å². The minimum Gasteiger partial charge on any atom is -0.324 e. The average molecular weight is 300 g/mol. The molecule has 1 aromatic heterocycles. The number of fused-ring (bicyclic) bond motifs is 1. The van der Waals surface area contributed by atoms with Crippen LogP contribution in [-0.2, 0) is 17.6 Å². The molecule has 0 amide bonds. The van der Waals surface area contributed by atoms with Gasteiger partial charge in [0, 0.05) is 12.1 Å². The predicted octanol–water partition coefficient (Wildman–Crippen LogP) is 3.32. The van der Waals surface area contributed by atoms with Gasteiger partial charge in [0.25, 0.3) is 0 Å². The molecule has 108 valence electrons. The van der Waals surface area contributed by atoms with Crippen molar-refractivity contribution in [2.75, 3.05) is 5.75 Å². The normalized spacial score (nSPS) is 12.6. The summed E-state index contributed by atoms with van der Waals surface area (Å²) < 4.78 is 21.9. The second-order valence-corrected chi connectivity index (χ2v) is 5.87. The van der Waals surface area contributed by atoms with Gasteiger partial charge in [-0.3, -0.25) is 0 Å². The molecular weight excluding hydrogens is 284 g/mol. The highest BCUT2D eigenvalue weighted by Gasteiger charge is 2.11. The summed E-state index contributed by atoms with van der Waals surface area (Å²) in [5.74, 6) is 1.18. The van der Waals surface area contributed by atoms with Gasteiger partial charge in [0.1, 0.15) is 5.82 Å². The van der Waals surface area contributed by atoms with E-state index < -0.39 is 11.1 Å². The average Bonchev–Trinajstić information content (AvgIpc) is 2.87. The summed E-state index contributed by atoms with van der Waals surface area (Å²) in [6.45, 7) is 0.678. The molecule has 1 heterocycles. The van der Waals surface area contributed by atoms with E-state index in [1.54, 1.807) is 0 Å². The second-order valence-electron chi connectivity index (χ2n) is 4.82. The van der Waals surface area contributed by atoms with E-state index in [1.807, 2.05) is 54.6 Å². The fraction of sp³-hybridized carbons (Fsp3) is 0.188. The van der Waals surface area contributed by atoms with Crippen LogP contribution in [0.5, 0.6) is 0 Å². The Balaban J connectivity index is 2.04. The Morgan fingerprint density at radius 3 is 2.52 bits per heavy atom. The number of aromatic nitrogens is 2. The van der Waals surface area contributed by atoms with Crippen molar-refractivity contribution in [2.45, 2.75) is 13.0 Å². The van der Waals surface area contributed by atoms with E-state index >= 15 is 0 Å². The zero-order valence-electron chi connectivity index (χ0n) is 11.5. The van der Waals surface area contributed by atoms with E-state index in [0.29, 0.717) is 13.0 Å². The lowest BCUT2D eigenvalue weighted by atomic mass is 10.2. The summed E-state index contributed by atoms with van der Waals surface area (Å²) in [6, 6.07) is 18.0. The molecule has 3 rings (SSSR count). The highest BCUT2D eigenvalue weighted by molar-refractivity contribution is 7.79. The number of hydrogen-bond acceptors (Lipinski definition) is 2. The largest absolute Gasteiger partial charge is 0.324 e. The molecule has 0 radical (unpaired) electrons. The zero-order valence-corrected chi connectivity index (χ0v) is 12.3. The summed E-state index contributed by atoms with van der Waals surface area (Å²) in [7, 11) is 0. The van der Waals surface area contributed by atoms with Crippen molar-refractivity contribution in [3.05, 3.63) is 54.6 Å². The van der Waals surface area contributed by atoms with Gasteiger partial charge in [-0.05, 0) is 18.6 Å². The number of rotatable bonds is 5. The quantitative estimate of drug-likeness (QED) is 0.735. The lowest BCUT2D eigenvalue weighted by Crippen LogP contribution is -2.05. The van der Waals surface area contributed by atoms with Crippen molar-refractivity contribution in [1.29, 1.82) is 0 Å². The Hall–Kier alpha value is -1.98. The van der Waals surface area contributed by atoms with Gasteiger partial charge in [-0.1, -0.05) is 42.5 Å². The van der Waals surface area contributed by atoms with E-state index in [9.17, 15) is 4.21 Å². The first-order valence-electron chi connectivity index (χ1n) is 6.84. The minimum atomic E-state index is -1.75. The van der Waals surface area contributed by atoms with Crippen molar-refractivity contribution in [1.82, 2.24) is 9.55 Å². The van der Waals surface area contributed by atoms with Crippen molar-refractivity contribution in [3.63, 3.8) is 0 Å². The van der Waals surface area contributed by atoms with E-state index in [0.717, 1.165) is 22.4 Å². The standard InChI is InChI=1S/C16H16N2O2S/c19-21(20)12-6-11-18-15-10-5-4-9-14(15)17-16(18)13-7-2-1-3-8-13/h1-5,7-10H,6,11-12H2,(H,19,20). The summed E-state index contributed by atoms with van der Waals surface area (Å²) in [5, 5.41) is 0. The van der Waals surface area contributed by atoms with Crippen molar-refractivity contribution >= 4 is 22.1 Å². The summed E-state index contributed by atoms with van der Waals surface area (Å²) >= 11 is -1.75. The first kappa shape index (κ1) is 14.0. The lowest BCUT2D eigenvalue weighted by molar-refractivity contribution is 0.557. The Morgan fingerprint density at radius 2 is 1.76 bits per heavy atom. The number of benzene rings is 2. The molecule has 0 spiro atoms. The van der Waals surface area contributed by atoms with Gasteiger partial charge in [0.15, 0.2) is 11.1 Å². The lowest BCUT2D eigenvalue weighted by Gasteiger charge is -2.08. The molecule has 5 heteroatoms. The molecule has 0 aliphatic rings. The third-order valence-corrected chi connectivity index (χ3v) is 4.03. The zero-order chi connectivity index (χ0) is 14.7. The maximum atomic E-state index is 10.8. The van der Waals surface area contributed by atoms with Crippen LogP contribution in [0.15, 0.2) is 54.6 Å². The highest BCUT2D eigenvalue weighted by atomic mass is 32.2. The predicted molar refractivity (Wildman–Crippen MR) is 85.4 cm³/mol. The number of aryl methyl sites for hydroxylation is 1. The maximum absolute atomic E-state index is 10.8. The van der Waals surface area contributed by atoms with Gasteiger partial charge in [0.2, 0.25) is 0 Å².